The van der Waals surface area contributed by atoms with Crippen LogP contribution in [0.3, 0.4) is 0 Å². The first-order valence-corrected chi connectivity index (χ1v) is 7.34. The van der Waals surface area contributed by atoms with Gasteiger partial charge in [-0.25, -0.2) is 4.98 Å². The topological polar surface area (TPSA) is 42.0 Å². The standard InChI is InChI=1S/C14H13BrN2OS/c1-9-10(2)19-14(16-9)17-13(18)8-5-11-3-6-12(15)7-4-11/h3-8H,1-2H3,(H,16,17,18). The molecule has 0 fully saturated rings. The van der Waals surface area contributed by atoms with Crippen molar-refractivity contribution in [2.75, 3.05) is 5.32 Å². The Hall–Kier alpha value is -1.46. The zero-order valence-electron chi connectivity index (χ0n) is 10.6. The lowest BCUT2D eigenvalue weighted by Gasteiger charge is -1.96. The average molecular weight is 337 g/mol. The summed E-state index contributed by atoms with van der Waals surface area (Å²) in [5.41, 5.74) is 1.93. The van der Waals surface area contributed by atoms with Gasteiger partial charge < -0.3 is 0 Å². The molecular formula is C14H13BrN2OS. The predicted molar refractivity (Wildman–Crippen MR) is 83.4 cm³/mol. The van der Waals surface area contributed by atoms with Crippen molar-refractivity contribution in [3.8, 4) is 0 Å². The number of rotatable bonds is 3. The third-order valence-corrected chi connectivity index (χ3v) is 4.07. The Bertz CT molecular complexity index is 597. The minimum Gasteiger partial charge on any atom is -0.298 e. The van der Waals surface area contributed by atoms with Crippen LogP contribution in [0, 0.1) is 13.8 Å². The molecule has 0 spiro atoms. The highest BCUT2D eigenvalue weighted by Crippen LogP contribution is 2.21. The molecule has 0 unspecified atom stereocenters. The number of nitrogens with one attached hydrogen (secondary N) is 1. The highest BCUT2D eigenvalue weighted by molar-refractivity contribution is 9.10. The van der Waals surface area contributed by atoms with Gasteiger partial charge in [0.15, 0.2) is 5.13 Å². The van der Waals surface area contributed by atoms with E-state index in [-0.39, 0.29) is 5.91 Å². The molecule has 19 heavy (non-hydrogen) atoms. The van der Waals surface area contributed by atoms with Crippen LogP contribution in [0.5, 0.6) is 0 Å². The van der Waals surface area contributed by atoms with Gasteiger partial charge in [-0.2, -0.15) is 0 Å². The Balaban J connectivity index is 1.99. The Labute approximate surface area is 124 Å². The van der Waals surface area contributed by atoms with Crippen molar-refractivity contribution in [2.24, 2.45) is 0 Å². The first-order valence-electron chi connectivity index (χ1n) is 5.73. The molecule has 0 saturated carbocycles. The van der Waals surface area contributed by atoms with E-state index in [1.54, 1.807) is 6.08 Å². The second kappa shape index (κ2) is 6.12. The van der Waals surface area contributed by atoms with E-state index >= 15 is 0 Å². The molecule has 1 heterocycles. The lowest BCUT2D eigenvalue weighted by molar-refractivity contribution is -0.111. The molecule has 0 saturated heterocycles. The van der Waals surface area contributed by atoms with E-state index in [1.165, 1.54) is 17.4 Å². The molecular weight excluding hydrogens is 324 g/mol. The molecule has 5 heteroatoms. The second-order valence-electron chi connectivity index (χ2n) is 4.03. The second-order valence-corrected chi connectivity index (χ2v) is 6.15. The summed E-state index contributed by atoms with van der Waals surface area (Å²) in [6, 6.07) is 7.74. The Morgan fingerprint density at radius 2 is 2.00 bits per heavy atom. The Morgan fingerprint density at radius 1 is 1.32 bits per heavy atom. The van der Waals surface area contributed by atoms with E-state index < -0.39 is 0 Å². The van der Waals surface area contributed by atoms with Gasteiger partial charge in [0.2, 0.25) is 5.91 Å². The van der Waals surface area contributed by atoms with Gasteiger partial charge >= 0.3 is 0 Å². The van der Waals surface area contributed by atoms with E-state index in [2.05, 4.69) is 26.2 Å². The molecule has 1 aromatic heterocycles. The maximum absolute atomic E-state index is 11.7. The lowest BCUT2D eigenvalue weighted by Crippen LogP contribution is -2.07. The van der Waals surface area contributed by atoms with Gasteiger partial charge in [-0.05, 0) is 37.6 Å². The number of carbonyl (C=O) groups is 1. The first-order chi connectivity index (χ1) is 9.04. The molecule has 2 rings (SSSR count). The largest absolute Gasteiger partial charge is 0.298 e. The summed E-state index contributed by atoms with van der Waals surface area (Å²) in [6.45, 7) is 3.92. The molecule has 2 aromatic rings. The molecule has 98 valence electrons. The smallest absolute Gasteiger partial charge is 0.250 e. The number of halogens is 1. The van der Waals surface area contributed by atoms with Crippen LogP contribution in [-0.4, -0.2) is 10.9 Å². The summed E-state index contributed by atoms with van der Waals surface area (Å²) in [5.74, 6) is -0.170. The minimum absolute atomic E-state index is 0.170. The minimum atomic E-state index is -0.170. The van der Waals surface area contributed by atoms with Crippen LogP contribution in [0.15, 0.2) is 34.8 Å². The van der Waals surface area contributed by atoms with Gasteiger partial charge in [0.25, 0.3) is 0 Å². The van der Waals surface area contributed by atoms with E-state index in [0.29, 0.717) is 5.13 Å². The number of nitrogens with zero attached hydrogens (tertiary/aromatic N) is 1. The van der Waals surface area contributed by atoms with E-state index in [9.17, 15) is 4.79 Å². The van der Waals surface area contributed by atoms with Crippen molar-refractivity contribution < 1.29 is 4.79 Å². The van der Waals surface area contributed by atoms with Crippen LogP contribution in [0.25, 0.3) is 6.08 Å². The highest BCUT2D eigenvalue weighted by atomic mass is 79.9. The molecule has 0 aliphatic heterocycles. The number of hydrogen-bond donors (Lipinski definition) is 1. The number of carbonyl (C=O) groups excluding carboxylic acids is 1. The van der Waals surface area contributed by atoms with Crippen molar-refractivity contribution in [3.63, 3.8) is 0 Å². The van der Waals surface area contributed by atoms with Crippen LogP contribution in [0.1, 0.15) is 16.1 Å². The van der Waals surface area contributed by atoms with Gasteiger partial charge in [-0.15, -0.1) is 11.3 Å². The van der Waals surface area contributed by atoms with Crippen molar-refractivity contribution in [3.05, 3.63) is 50.9 Å². The molecule has 3 nitrogen and oxygen atoms in total. The molecule has 1 N–H and O–H groups in total. The molecule has 1 aromatic carbocycles. The van der Waals surface area contributed by atoms with Crippen LogP contribution < -0.4 is 5.32 Å². The number of hydrogen-bond acceptors (Lipinski definition) is 3. The highest BCUT2D eigenvalue weighted by Gasteiger charge is 2.05. The van der Waals surface area contributed by atoms with Crippen LogP contribution in [-0.2, 0) is 4.79 Å². The zero-order valence-corrected chi connectivity index (χ0v) is 13.0. The normalized spacial score (nSPS) is 10.9. The van der Waals surface area contributed by atoms with E-state index in [0.717, 1.165) is 20.6 Å². The molecule has 1 amide bonds. The molecule has 0 radical (unpaired) electrons. The first kappa shape index (κ1) is 14.0. The summed E-state index contributed by atoms with van der Waals surface area (Å²) >= 11 is 4.85. The fourth-order valence-corrected chi connectivity index (χ4v) is 2.50. The van der Waals surface area contributed by atoms with Crippen molar-refractivity contribution in [1.29, 1.82) is 0 Å². The van der Waals surface area contributed by atoms with E-state index in [1.807, 2.05) is 38.1 Å². The van der Waals surface area contributed by atoms with Crippen LogP contribution in [0.4, 0.5) is 5.13 Å². The van der Waals surface area contributed by atoms with Gasteiger partial charge in [0.1, 0.15) is 0 Å². The summed E-state index contributed by atoms with van der Waals surface area (Å²) < 4.78 is 1.02. The maximum atomic E-state index is 11.7. The fourth-order valence-electron chi connectivity index (χ4n) is 1.42. The fraction of sp³-hybridized carbons (Fsp3) is 0.143. The van der Waals surface area contributed by atoms with Gasteiger partial charge in [0, 0.05) is 15.4 Å². The van der Waals surface area contributed by atoms with Crippen molar-refractivity contribution in [2.45, 2.75) is 13.8 Å². The molecule has 0 aliphatic carbocycles. The Kier molecular flexibility index (Phi) is 4.50. The van der Waals surface area contributed by atoms with Crippen molar-refractivity contribution in [1.82, 2.24) is 4.98 Å². The van der Waals surface area contributed by atoms with Crippen molar-refractivity contribution >= 4 is 44.4 Å². The van der Waals surface area contributed by atoms with E-state index in [4.69, 9.17) is 0 Å². The summed E-state index contributed by atoms with van der Waals surface area (Å²) in [7, 11) is 0. The summed E-state index contributed by atoms with van der Waals surface area (Å²) in [5, 5.41) is 3.40. The zero-order chi connectivity index (χ0) is 13.8. The van der Waals surface area contributed by atoms with Gasteiger partial charge in [-0.1, -0.05) is 28.1 Å². The van der Waals surface area contributed by atoms with Crippen LogP contribution >= 0.6 is 27.3 Å². The average Bonchev–Trinajstić information content (AvgIpc) is 2.67. The molecule has 0 atom stereocenters. The number of amides is 1. The summed E-state index contributed by atoms with van der Waals surface area (Å²) in [6.07, 6.45) is 3.28. The summed E-state index contributed by atoms with van der Waals surface area (Å²) in [4.78, 5) is 17.1. The third kappa shape index (κ3) is 4.01. The molecule has 0 bridgehead atoms. The SMILES string of the molecule is Cc1nc(NC(=O)C=Cc2ccc(Br)cc2)sc1C. The predicted octanol–water partition coefficient (Wildman–Crippen LogP) is 4.17. The number of thiazole rings is 1. The maximum Gasteiger partial charge on any atom is 0.250 e. The monoisotopic (exact) mass is 336 g/mol. The number of aryl methyl sites for hydroxylation is 2. The van der Waals surface area contributed by atoms with Gasteiger partial charge in [-0.3, -0.25) is 10.1 Å². The molecule has 0 aliphatic rings. The third-order valence-electron chi connectivity index (χ3n) is 2.56. The quantitative estimate of drug-likeness (QED) is 0.854. The Morgan fingerprint density at radius 3 is 2.58 bits per heavy atom. The van der Waals surface area contributed by atoms with Crippen LogP contribution in [0.2, 0.25) is 0 Å². The lowest BCUT2D eigenvalue weighted by atomic mass is 10.2. The number of benzene rings is 1. The number of aromatic nitrogens is 1. The van der Waals surface area contributed by atoms with Gasteiger partial charge in [0.05, 0.1) is 5.69 Å². The number of anilines is 1.